The predicted molar refractivity (Wildman–Crippen MR) is 176 cm³/mol. The molecule has 1 atom stereocenters. The van der Waals surface area contributed by atoms with Crippen LogP contribution in [0.2, 0.25) is 0 Å². The fourth-order valence-corrected chi connectivity index (χ4v) is 6.37. The number of benzene rings is 4. The van der Waals surface area contributed by atoms with Crippen molar-refractivity contribution in [1.82, 2.24) is 10.2 Å². The third kappa shape index (κ3) is 8.79. The fourth-order valence-electron chi connectivity index (χ4n) is 4.95. The van der Waals surface area contributed by atoms with E-state index in [2.05, 4.69) is 5.32 Å². The van der Waals surface area contributed by atoms with Gasteiger partial charge in [0.2, 0.25) is 11.8 Å². The van der Waals surface area contributed by atoms with Gasteiger partial charge in [0.15, 0.2) is 0 Å². The molecular weight excluding hydrogens is 589 g/mol. The molecule has 0 fully saturated rings. The zero-order valence-electron chi connectivity index (χ0n) is 26.3. The molecule has 7 nitrogen and oxygen atoms in total. The summed E-state index contributed by atoms with van der Waals surface area (Å²) in [5.74, 6) is -1.48. The average molecular weight is 630 g/mol. The molecule has 0 spiro atoms. The maximum atomic E-state index is 14.5. The predicted octanol–water partition coefficient (Wildman–Crippen LogP) is 6.19. The van der Waals surface area contributed by atoms with Crippen LogP contribution in [0.15, 0.2) is 108 Å². The van der Waals surface area contributed by atoms with Gasteiger partial charge in [-0.05, 0) is 87.7 Å². The Hall–Kier alpha value is -4.50. The average Bonchev–Trinajstić information content (AvgIpc) is 2.99. The second-order valence-electron chi connectivity index (χ2n) is 12.2. The van der Waals surface area contributed by atoms with E-state index in [4.69, 9.17) is 0 Å². The van der Waals surface area contributed by atoms with Crippen molar-refractivity contribution < 1.29 is 22.4 Å². The van der Waals surface area contributed by atoms with Gasteiger partial charge in [0.05, 0.1) is 10.6 Å². The summed E-state index contributed by atoms with van der Waals surface area (Å²) in [6.45, 7) is 8.82. The topological polar surface area (TPSA) is 86.8 Å². The summed E-state index contributed by atoms with van der Waals surface area (Å²) in [6, 6.07) is 27.2. The first-order valence-corrected chi connectivity index (χ1v) is 16.2. The smallest absolute Gasteiger partial charge is 0.264 e. The molecule has 1 unspecified atom stereocenters. The van der Waals surface area contributed by atoms with Crippen LogP contribution >= 0.6 is 0 Å². The van der Waals surface area contributed by atoms with E-state index in [-0.39, 0.29) is 29.5 Å². The summed E-state index contributed by atoms with van der Waals surface area (Å²) in [5.41, 5.74) is 3.00. The van der Waals surface area contributed by atoms with Gasteiger partial charge < -0.3 is 10.2 Å². The lowest BCUT2D eigenvalue weighted by atomic mass is 10.00. The van der Waals surface area contributed by atoms with Crippen molar-refractivity contribution >= 4 is 27.5 Å². The number of nitrogens with zero attached hydrogens (tertiary/aromatic N) is 2. The van der Waals surface area contributed by atoms with Gasteiger partial charge in [-0.15, -0.1) is 0 Å². The lowest BCUT2D eigenvalue weighted by Gasteiger charge is -2.35. The lowest BCUT2D eigenvalue weighted by Crippen LogP contribution is -2.56. The molecule has 0 bridgehead atoms. The van der Waals surface area contributed by atoms with Gasteiger partial charge >= 0.3 is 0 Å². The van der Waals surface area contributed by atoms with E-state index in [1.54, 1.807) is 12.1 Å². The van der Waals surface area contributed by atoms with Gasteiger partial charge in [0.25, 0.3) is 10.0 Å². The van der Waals surface area contributed by atoms with Crippen molar-refractivity contribution in [2.75, 3.05) is 10.8 Å². The van der Waals surface area contributed by atoms with Gasteiger partial charge in [-0.3, -0.25) is 13.9 Å². The highest BCUT2D eigenvalue weighted by Gasteiger charge is 2.35. The lowest BCUT2D eigenvalue weighted by molar-refractivity contribution is -0.140. The Bertz CT molecular complexity index is 1720. The number of carbonyl (C=O) groups is 2. The first-order chi connectivity index (χ1) is 21.2. The van der Waals surface area contributed by atoms with Crippen LogP contribution in [0.1, 0.15) is 43.0 Å². The molecule has 4 aromatic rings. The molecular formula is C36H40FN3O4S. The summed E-state index contributed by atoms with van der Waals surface area (Å²) in [7, 11) is -4.26. The van der Waals surface area contributed by atoms with E-state index >= 15 is 0 Å². The molecule has 4 rings (SSSR count). The molecule has 2 amide bonds. The van der Waals surface area contributed by atoms with E-state index in [0.29, 0.717) is 0 Å². The Morgan fingerprint density at radius 1 is 0.822 bits per heavy atom. The number of hydrogen-bond acceptors (Lipinski definition) is 4. The number of aryl methyl sites for hydroxylation is 2. The summed E-state index contributed by atoms with van der Waals surface area (Å²) < 4.78 is 43.0. The van der Waals surface area contributed by atoms with E-state index in [0.717, 1.165) is 38.7 Å². The normalized spacial score (nSPS) is 12.3. The number of rotatable bonds is 11. The number of anilines is 1. The summed E-state index contributed by atoms with van der Waals surface area (Å²) >= 11 is 0. The number of halogens is 1. The van der Waals surface area contributed by atoms with Crippen molar-refractivity contribution in [2.45, 2.75) is 64.1 Å². The highest BCUT2D eigenvalue weighted by atomic mass is 32.2. The van der Waals surface area contributed by atoms with Crippen molar-refractivity contribution in [1.29, 1.82) is 0 Å². The second kappa shape index (κ2) is 14.1. The van der Waals surface area contributed by atoms with Crippen molar-refractivity contribution in [2.24, 2.45) is 0 Å². The minimum absolute atomic E-state index is 0.0120. The molecule has 0 heterocycles. The van der Waals surface area contributed by atoms with Crippen molar-refractivity contribution in [3.63, 3.8) is 0 Å². The molecule has 236 valence electrons. The highest BCUT2D eigenvalue weighted by molar-refractivity contribution is 7.92. The largest absolute Gasteiger partial charge is 0.350 e. The number of nitrogens with one attached hydrogen (secondary N) is 1. The highest BCUT2D eigenvalue weighted by Crippen LogP contribution is 2.26. The summed E-state index contributed by atoms with van der Waals surface area (Å²) in [6.07, 6.45) is 0.210. The Morgan fingerprint density at radius 2 is 1.42 bits per heavy atom. The van der Waals surface area contributed by atoms with Gasteiger partial charge in [0, 0.05) is 18.5 Å². The Kier molecular flexibility index (Phi) is 10.4. The van der Waals surface area contributed by atoms with Crippen LogP contribution in [0, 0.1) is 19.7 Å². The molecule has 1 N–H and O–H groups in total. The molecule has 0 radical (unpaired) electrons. The second-order valence-corrected chi connectivity index (χ2v) is 14.1. The van der Waals surface area contributed by atoms with E-state index in [1.165, 1.54) is 29.2 Å². The number of amides is 2. The third-order valence-corrected chi connectivity index (χ3v) is 9.16. The molecule has 0 saturated carbocycles. The first kappa shape index (κ1) is 33.4. The zero-order chi connectivity index (χ0) is 32.8. The molecule has 45 heavy (non-hydrogen) atoms. The van der Waals surface area contributed by atoms with Crippen LogP contribution in [0.5, 0.6) is 0 Å². The summed E-state index contributed by atoms with van der Waals surface area (Å²) in [5, 5.41) is 3.02. The number of sulfonamides is 1. The van der Waals surface area contributed by atoms with E-state index in [1.807, 2.05) is 89.2 Å². The van der Waals surface area contributed by atoms with Crippen LogP contribution in [0.4, 0.5) is 10.1 Å². The van der Waals surface area contributed by atoms with Crippen LogP contribution in [-0.4, -0.2) is 43.3 Å². The number of carbonyl (C=O) groups excluding carboxylic acids is 2. The first-order valence-electron chi connectivity index (χ1n) is 14.8. The molecule has 0 aromatic heterocycles. The molecule has 9 heteroatoms. The van der Waals surface area contributed by atoms with Crippen LogP contribution in [0.25, 0.3) is 0 Å². The van der Waals surface area contributed by atoms with Crippen LogP contribution in [0.3, 0.4) is 0 Å². The molecule has 0 aliphatic carbocycles. The van der Waals surface area contributed by atoms with Gasteiger partial charge in [-0.2, -0.15) is 0 Å². The molecule has 0 saturated heterocycles. The number of hydrogen-bond donors (Lipinski definition) is 1. The van der Waals surface area contributed by atoms with Crippen molar-refractivity contribution in [3.05, 3.63) is 131 Å². The van der Waals surface area contributed by atoms with Gasteiger partial charge in [0.1, 0.15) is 18.4 Å². The Balaban J connectivity index is 1.82. The van der Waals surface area contributed by atoms with E-state index in [9.17, 15) is 22.4 Å². The maximum Gasteiger partial charge on any atom is 0.264 e. The molecule has 4 aromatic carbocycles. The fraction of sp³-hybridized carbons (Fsp3) is 0.278. The SMILES string of the molecule is Cc1ccc(S(=O)(=O)N(CC(=O)N(Cc2ccccc2C)C(Cc2ccccc2)C(=O)NC(C)(C)C)c2ccc(F)cc2)cc1. The third-order valence-electron chi connectivity index (χ3n) is 7.37. The quantitative estimate of drug-likeness (QED) is 0.214. The van der Waals surface area contributed by atoms with E-state index < -0.39 is 39.9 Å². The van der Waals surface area contributed by atoms with Gasteiger partial charge in [-0.25, -0.2) is 12.8 Å². The molecule has 0 aliphatic heterocycles. The molecule has 0 aliphatic rings. The van der Waals surface area contributed by atoms with Crippen LogP contribution < -0.4 is 9.62 Å². The standard InChI is InChI=1S/C36H40FN3O4S/c1-26-15-21-32(22-16-26)45(43,44)40(31-19-17-30(37)18-20-31)25-34(41)39(24-29-14-10-9-11-27(29)2)33(35(42)38-36(3,4)5)23-28-12-7-6-8-13-28/h6-22,33H,23-25H2,1-5H3,(H,38,42). The van der Waals surface area contributed by atoms with Gasteiger partial charge in [-0.1, -0.05) is 72.3 Å². The minimum atomic E-state index is -4.26. The van der Waals surface area contributed by atoms with Crippen LogP contribution in [-0.2, 0) is 32.6 Å². The zero-order valence-corrected chi connectivity index (χ0v) is 27.1. The Morgan fingerprint density at radius 3 is 2.02 bits per heavy atom. The summed E-state index contributed by atoms with van der Waals surface area (Å²) in [4.78, 5) is 29.9. The minimum Gasteiger partial charge on any atom is -0.350 e. The Labute approximate surface area is 265 Å². The monoisotopic (exact) mass is 629 g/mol. The van der Waals surface area contributed by atoms with Crippen molar-refractivity contribution in [3.8, 4) is 0 Å². The maximum absolute atomic E-state index is 14.5.